The van der Waals surface area contributed by atoms with Crippen molar-refractivity contribution in [1.82, 2.24) is 19.5 Å². The highest BCUT2D eigenvalue weighted by Crippen LogP contribution is 2.25. The summed E-state index contributed by atoms with van der Waals surface area (Å²) in [6, 6.07) is 10.7. The molecule has 0 saturated carbocycles. The molecular weight excluding hydrogens is 466 g/mol. The van der Waals surface area contributed by atoms with Crippen LogP contribution in [0.1, 0.15) is 26.9 Å². The maximum atomic E-state index is 12.3. The summed E-state index contributed by atoms with van der Waals surface area (Å²) in [4.78, 5) is 26.1. The van der Waals surface area contributed by atoms with Crippen LogP contribution in [0.25, 0.3) is 5.82 Å². The van der Waals surface area contributed by atoms with E-state index in [1.807, 2.05) is 30.7 Å². The highest BCUT2D eigenvalue weighted by atomic mass is 79.9. The van der Waals surface area contributed by atoms with Crippen molar-refractivity contribution in [2.75, 3.05) is 5.32 Å². The average Bonchev–Trinajstić information content (AvgIpc) is 3.29. The van der Waals surface area contributed by atoms with E-state index in [-0.39, 0.29) is 5.91 Å². The van der Waals surface area contributed by atoms with Crippen LogP contribution in [0.3, 0.4) is 0 Å². The van der Waals surface area contributed by atoms with Crippen molar-refractivity contribution in [1.29, 1.82) is 0 Å². The van der Waals surface area contributed by atoms with E-state index in [1.165, 1.54) is 11.3 Å². The van der Waals surface area contributed by atoms with E-state index in [0.717, 1.165) is 15.9 Å². The fourth-order valence-electron chi connectivity index (χ4n) is 2.78. The van der Waals surface area contributed by atoms with Crippen LogP contribution in [0.5, 0.6) is 11.6 Å². The third kappa shape index (κ3) is 4.42. The topological polar surface area (TPSA) is 81.9 Å². The maximum Gasteiger partial charge on any atom is 0.265 e. The summed E-state index contributed by atoms with van der Waals surface area (Å²) >= 11 is 4.74. The number of carbonyl (C=O) groups excluding carboxylic acids is 1. The number of rotatable bonds is 5. The largest absolute Gasteiger partial charge is 0.439 e. The second-order valence-corrected chi connectivity index (χ2v) is 8.43. The van der Waals surface area contributed by atoms with E-state index in [0.29, 0.717) is 33.8 Å². The second-order valence-electron chi connectivity index (χ2n) is 6.61. The predicted octanol–water partition coefficient (Wildman–Crippen LogP) is 5.46. The third-order valence-corrected chi connectivity index (χ3v) is 6.12. The Hall–Kier alpha value is -3.04. The zero-order valence-corrected chi connectivity index (χ0v) is 18.9. The van der Waals surface area contributed by atoms with E-state index in [1.54, 1.807) is 42.7 Å². The second kappa shape index (κ2) is 8.37. The molecule has 0 aliphatic rings. The van der Waals surface area contributed by atoms with E-state index in [2.05, 4.69) is 36.2 Å². The quantitative estimate of drug-likeness (QED) is 0.407. The van der Waals surface area contributed by atoms with Crippen LogP contribution >= 0.6 is 27.3 Å². The van der Waals surface area contributed by atoms with Crippen LogP contribution < -0.4 is 10.1 Å². The SMILES string of the molecule is Cc1nc(Oc2ccc(NC(=O)c3cc(Br)cs3)cc2)cc(-n2cnc(C)c2C)n1. The third-order valence-electron chi connectivity index (χ3n) is 4.43. The van der Waals surface area contributed by atoms with Gasteiger partial charge in [-0.25, -0.2) is 9.97 Å². The van der Waals surface area contributed by atoms with Gasteiger partial charge in [-0.2, -0.15) is 4.98 Å². The molecule has 3 heterocycles. The van der Waals surface area contributed by atoms with Crippen LogP contribution in [-0.4, -0.2) is 25.4 Å². The molecule has 4 rings (SSSR count). The summed E-state index contributed by atoms with van der Waals surface area (Å²) in [6.45, 7) is 5.76. The van der Waals surface area contributed by atoms with Crippen molar-refractivity contribution in [3.8, 4) is 17.4 Å². The van der Waals surface area contributed by atoms with Gasteiger partial charge in [0.25, 0.3) is 5.91 Å². The number of nitrogens with zero attached hydrogens (tertiary/aromatic N) is 4. The van der Waals surface area contributed by atoms with E-state index in [4.69, 9.17) is 4.74 Å². The van der Waals surface area contributed by atoms with Crippen LogP contribution in [0.4, 0.5) is 5.69 Å². The Morgan fingerprint density at radius 1 is 1.13 bits per heavy atom. The molecule has 0 saturated heterocycles. The molecule has 7 nitrogen and oxygen atoms in total. The zero-order valence-electron chi connectivity index (χ0n) is 16.5. The van der Waals surface area contributed by atoms with E-state index in [9.17, 15) is 4.79 Å². The minimum absolute atomic E-state index is 0.151. The minimum Gasteiger partial charge on any atom is -0.439 e. The number of ether oxygens (including phenoxy) is 1. The van der Waals surface area contributed by atoms with Crippen molar-refractivity contribution in [2.45, 2.75) is 20.8 Å². The molecule has 0 aliphatic carbocycles. The molecule has 30 heavy (non-hydrogen) atoms. The highest BCUT2D eigenvalue weighted by molar-refractivity contribution is 9.10. The normalized spacial score (nSPS) is 10.8. The smallest absolute Gasteiger partial charge is 0.265 e. The summed E-state index contributed by atoms with van der Waals surface area (Å²) in [5.74, 6) is 2.18. The molecule has 0 radical (unpaired) electrons. The lowest BCUT2D eigenvalue weighted by atomic mass is 10.3. The minimum atomic E-state index is -0.151. The standard InChI is InChI=1S/C21H18BrN5O2S/c1-12-13(2)27(11-23-12)19-9-20(25-14(3)24-19)29-17-6-4-16(5-7-17)26-21(28)18-8-15(22)10-30-18/h4-11H,1-3H3,(H,26,28). The summed E-state index contributed by atoms with van der Waals surface area (Å²) < 4.78 is 8.71. The fourth-order valence-corrected chi connectivity index (χ4v) is 4.10. The van der Waals surface area contributed by atoms with Gasteiger partial charge in [-0.05, 0) is 67.0 Å². The molecule has 0 unspecified atom stereocenters. The van der Waals surface area contributed by atoms with Crippen molar-refractivity contribution in [3.63, 3.8) is 0 Å². The summed E-state index contributed by atoms with van der Waals surface area (Å²) in [5.41, 5.74) is 2.64. The van der Waals surface area contributed by atoms with Gasteiger partial charge in [0.2, 0.25) is 5.88 Å². The Morgan fingerprint density at radius 3 is 2.53 bits per heavy atom. The molecule has 0 aliphatic heterocycles. The first-order valence-corrected chi connectivity index (χ1v) is 10.8. The molecule has 0 spiro atoms. The first-order valence-electron chi connectivity index (χ1n) is 9.09. The van der Waals surface area contributed by atoms with Gasteiger partial charge in [0, 0.05) is 27.3 Å². The number of halogens is 1. The van der Waals surface area contributed by atoms with Gasteiger partial charge in [-0.3, -0.25) is 9.36 Å². The molecule has 1 N–H and O–H groups in total. The molecule has 152 valence electrons. The molecule has 4 aromatic rings. The van der Waals surface area contributed by atoms with Crippen molar-refractivity contribution in [2.24, 2.45) is 0 Å². The lowest BCUT2D eigenvalue weighted by molar-refractivity contribution is 0.103. The summed E-state index contributed by atoms with van der Waals surface area (Å²) in [5, 5.41) is 4.74. The van der Waals surface area contributed by atoms with Gasteiger partial charge in [0.15, 0.2) is 0 Å². The Balaban J connectivity index is 1.49. The number of hydrogen-bond donors (Lipinski definition) is 1. The van der Waals surface area contributed by atoms with E-state index < -0.39 is 0 Å². The molecule has 1 aromatic carbocycles. The molecule has 0 atom stereocenters. The van der Waals surface area contributed by atoms with Crippen molar-refractivity contribution >= 4 is 38.9 Å². The van der Waals surface area contributed by atoms with Gasteiger partial charge in [-0.1, -0.05) is 0 Å². The van der Waals surface area contributed by atoms with Gasteiger partial charge in [-0.15, -0.1) is 11.3 Å². The average molecular weight is 484 g/mol. The molecule has 0 bridgehead atoms. The maximum absolute atomic E-state index is 12.3. The van der Waals surface area contributed by atoms with Crippen molar-refractivity contribution in [3.05, 3.63) is 74.7 Å². The van der Waals surface area contributed by atoms with Gasteiger partial charge >= 0.3 is 0 Å². The Bertz CT molecular complexity index is 1220. The summed E-state index contributed by atoms with van der Waals surface area (Å²) in [7, 11) is 0. The number of imidazole rings is 1. The van der Waals surface area contributed by atoms with Gasteiger partial charge in [0.05, 0.1) is 10.6 Å². The number of hydrogen-bond acceptors (Lipinski definition) is 6. The fraction of sp³-hybridized carbons (Fsp3) is 0.143. The van der Waals surface area contributed by atoms with Gasteiger partial charge in [0.1, 0.15) is 23.7 Å². The molecule has 1 amide bonds. The number of carbonyl (C=O) groups is 1. The van der Waals surface area contributed by atoms with Crippen LogP contribution in [0, 0.1) is 20.8 Å². The Kier molecular flexibility index (Phi) is 5.65. The number of aryl methyl sites for hydroxylation is 2. The van der Waals surface area contributed by atoms with Crippen molar-refractivity contribution < 1.29 is 9.53 Å². The van der Waals surface area contributed by atoms with Crippen LogP contribution in [-0.2, 0) is 0 Å². The summed E-state index contributed by atoms with van der Waals surface area (Å²) in [6.07, 6.45) is 1.74. The number of amides is 1. The predicted molar refractivity (Wildman–Crippen MR) is 120 cm³/mol. The molecule has 0 fully saturated rings. The van der Waals surface area contributed by atoms with E-state index >= 15 is 0 Å². The number of anilines is 1. The molecule has 9 heteroatoms. The monoisotopic (exact) mass is 483 g/mol. The highest BCUT2D eigenvalue weighted by Gasteiger charge is 2.11. The number of aromatic nitrogens is 4. The Labute approximate surface area is 185 Å². The molecule has 3 aromatic heterocycles. The first kappa shape index (κ1) is 20.2. The lowest BCUT2D eigenvalue weighted by Gasteiger charge is -2.10. The first-order chi connectivity index (χ1) is 14.4. The van der Waals surface area contributed by atoms with Gasteiger partial charge < -0.3 is 10.1 Å². The van der Waals surface area contributed by atoms with Crippen LogP contribution in [0.2, 0.25) is 0 Å². The zero-order chi connectivity index (χ0) is 21.3. The lowest BCUT2D eigenvalue weighted by Crippen LogP contribution is -2.09. The number of thiophene rings is 1. The van der Waals surface area contributed by atoms with Crippen LogP contribution in [0.15, 0.2) is 52.6 Å². The Morgan fingerprint density at radius 2 is 1.90 bits per heavy atom. The number of benzene rings is 1. The number of nitrogens with one attached hydrogen (secondary N) is 1. The molecular formula is C21H18BrN5O2S.